The molecule has 1 atom stereocenters. The molecule has 3 amide bonds. The third-order valence-electron chi connectivity index (χ3n) is 9.24. The van der Waals surface area contributed by atoms with Gasteiger partial charge in [-0.3, -0.25) is 19.3 Å². The fraction of sp³-hybridized carbons (Fsp3) is 0.500. The number of nitrogens with zero attached hydrogens (tertiary/aromatic N) is 2. The number of likely N-dealkylation sites (N-methyl/N-ethyl adjacent to an activating group) is 1. The van der Waals surface area contributed by atoms with Gasteiger partial charge in [0.25, 0.3) is 5.91 Å². The van der Waals surface area contributed by atoms with Gasteiger partial charge in [0.1, 0.15) is 23.2 Å². The molecule has 0 bridgehead atoms. The normalized spacial score (nSPS) is 13.3. The number of amides is 3. The van der Waals surface area contributed by atoms with Crippen LogP contribution >= 0.6 is 0 Å². The van der Waals surface area contributed by atoms with E-state index in [0.29, 0.717) is 73.6 Å². The number of fused-ring (bicyclic) bond motifs is 1. The maximum atomic E-state index is 13.6. The molecule has 2 heterocycles. The van der Waals surface area contributed by atoms with Gasteiger partial charge in [-0.05, 0) is 126 Å². The van der Waals surface area contributed by atoms with Gasteiger partial charge in [-0.1, -0.05) is 25.1 Å². The number of benzene rings is 2. The lowest BCUT2D eigenvalue weighted by Crippen LogP contribution is -2.49. The van der Waals surface area contributed by atoms with E-state index in [1.807, 2.05) is 52.0 Å². The number of aromatic nitrogens is 1. The first-order chi connectivity index (χ1) is 27.5. The summed E-state index contributed by atoms with van der Waals surface area (Å²) in [6.45, 7) is 13.3. The van der Waals surface area contributed by atoms with E-state index in [1.165, 1.54) is 0 Å². The summed E-state index contributed by atoms with van der Waals surface area (Å²) >= 11 is 0. The van der Waals surface area contributed by atoms with E-state index < -0.39 is 39.6 Å². The van der Waals surface area contributed by atoms with Crippen LogP contribution in [-0.2, 0) is 48.3 Å². The Morgan fingerprint density at radius 2 is 1.66 bits per heavy atom. The van der Waals surface area contributed by atoms with Gasteiger partial charge in [-0.15, -0.1) is 0 Å². The number of hydrogen-bond acceptors (Lipinski definition) is 11. The number of carbonyl (C=O) groups excluding carboxylic acids is 4. The molecule has 2 aromatic carbocycles. The summed E-state index contributed by atoms with van der Waals surface area (Å²) in [5, 5.41) is 8.61. The Morgan fingerprint density at radius 1 is 0.948 bits per heavy atom. The van der Waals surface area contributed by atoms with Gasteiger partial charge in [-0.25, -0.2) is 18.2 Å². The lowest BCUT2D eigenvalue weighted by molar-refractivity contribution is -0.142. The van der Waals surface area contributed by atoms with E-state index in [0.717, 1.165) is 43.3 Å². The van der Waals surface area contributed by atoms with Crippen LogP contribution in [0.5, 0.6) is 5.75 Å². The zero-order valence-electron chi connectivity index (χ0n) is 34.7. The van der Waals surface area contributed by atoms with Crippen LogP contribution in [0, 0.1) is 13.8 Å². The number of rotatable bonds is 19. The maximum Gasteiger partial charge on any atom is 0.416 e. The SMILES string of the molecule is CCNCCNC(=O)CCCOc1cc(C)c(S(=O)(=O)N[C@@H](CNC(=O)c2ccc(CCc3ccc4c(n3)N(C(=O)OC(C)(C)C)CCC4)cc2)C(=O)OC)c(C)c1. The van der Waals surface area contributed by atoms with Crippen molar-refractivity contribution in [1.29, 1.82) is 0 Å². The first kappa shape index (κ1) is 45.6. The Balaban J connectivity index is 1.31. The molecule has 0 saturated heterocycles. The number of aryl methyl sites for hydroxylation is 5. The fourth-order valence-corrected chi connectivity index (χ4v) is 8.10. The minimum absolute atomic E-state index is 0.0262. The average Bonchev–Trinajstić information content (AvgIpc) is 3.17. The molecule has 15 nitrogen and oxygen atoms in total. The van der Waals surface area contributed by atoms with Crippen LogP contribution in [0.15, 0.2) is 53.4 Å². The van der Waals surface area contributed by atoms with Crippen molar-refractivity contribution in [2.45, 2.75) is 96.6 Å². The summed E-state index contributed by atoms with van der Waals surface area (Å²) in [7, 11) is -3.12. The van der Waals surface area contributed by atoms with Gasteiger partial charge in [0.15, 0.2) is 0 Å². The number of pyridine rings is 1. The van der Waals surface area contributed by atoms with Crippen LogP contribution < -0.4 is 30.3 Å². The summed E-state index contributed by atoms with van der Waals surface area (Å²) in [4.78, 5) is 57.1. The number of hydrogen-bond donors (Lipinski definition) is 4. The Kier molecular flexibility index (Phi) is 16.6. The summed E-state index contributed by atoms with van der Waals surface area (Å²) < 4.78 is 45.9. The molecule has 3 aromatic rings. The summed E-state index contributed by atoms with van der Waals surface area (Å²) in [6, 6.07) is 12.7. The second-order valence-corrected chi connectivity index (χ2v) is 16.8. The van der Waals surface area contributed by atoms with E-state index in [1.54, 1.807) is 43.0 Å². The quantitative estimate of drug-likeness (QED) is 0.0995. The van der Waals surface area contributed by atoms with Crippen molar-refractivity contribution < 1.29 is 41.8 Å². The van der Waals surface area contributed by atoms with Crippen molar-refractivity contribution >= 4 is 39.7 Å². The summed E-state index contributed by atoms with van der Waals surface area (Å²) in [5.74, 6) is -0.361. The van der Waals surface area contributed by atoms with Gasteiger partial charge in [-0.2, -0.15) is 4.72 Å². The van der Waals surface area contributed by atoms with Crippen molar-refractivity contribution in [3.8, 4) is 5.75 Å². The Hall–Kier alpha value is -5.06. The molecular formula is C42H58N6O9S. The third kappa shape index (κ3) is 13.5. The molecule has 0 saturated carbocycles. The second kappa shape index (κ2) is 21.1. The number of anilines is 1. The molecule has 0 radical (unpaired) electrons. The van der Waals surface area contributed by atoms with Gasteiger partial charge in [0, 0.05) is 43.9 Å². The van der Waals surface area contributed by atoms with Crippen molar-refractivity contribution in [2.75, 3.05) is 51.3 Å². The van der Waals surface area contributed by atoms with Crippen molar-refractivity contribution in [1.82, 2.24) is 25.7 Å². The highest BCUT2D eigenvalue weighted by molar-refractivity contribution is 7.89. The van der Waals surface area contributed by atoms with Crippen LogP contribution in [0.1, 0.15) is 85.3 Å². The molecule has 1 aliphatic rings. The van der Waals surface area contributed by atoms with Crippen molar-refractivity contribution in [2.24, 2.45) is 0 Å². The largest absolute Gasteiger partial charge is 0.494 e. The van der Waals surface area contributed by atoms with Crippen LogP contribution in [-0.4, -0.2) is 95.4 Å². The molecule has 1 aromatic heterocycles. The molecule has 0 spiro atoms. The van der Waals surface area contributed by atoms with Gasteiger partial charge >= 0.3 is 12.1 Å². The molecule has 0 unspecified atom stereocenters. The monoisotopic (exact) mass is 822 g/mol. The first-order valence-corrected chi connectivity index (χ1v) is 21.2. The highest BCUT2D eigenvalue weighted by Gasteiger charge is 2.31. The van der Waals surface area contributed by atoms with Gasteiger partial charge in [0.2, 0.25) is 15.9 Å². The smallest absolute Gasteiger partial charge is 0.416 e. The van der Waals surface area contributed by atoms with E-state index in [2.05, 4.69) is 20.7 Å². The predicted molar refractivity (Wildman–Crippen MR) is 221 cm³/mol. The number of sulfonamides is 1. The molecule has 1 aliphatic heterocycles. The van der Waals surface area contributed by atoms with Crippen molar-refractivity contribution in [3.63, 3.8) is 0 Å². The summed E-state index contributed by atoms with van der Waals surface area (Å²) in [6.07, 6.45) is 3.28. The maximum absolute atomic E-state index is 13.6. The topological polar surface area (TPSA) is 194 Å². The molecule has 0 aliphatic carbocycles. The van der Waals surface area contributed by atoms with Gasteiger partial charge < -0.3 is 30.2 Å². The lowest BCUT2D eigenvalue weighted by Gasteiger charge is -2.31. The Labute approximate surface area is 342 Å². The van der Waals surface area contributed by atoms with Gasteiger partial charge in [0.05, 0.1) is 18.6 Å². The number of nitrogens with one attached hydrogen (secondary N) is 4. The third-order valence-corrected chi connectivity index (χ3v) is 11.0. The Morgan fingerprint density at radius 3 is 2.31 bits per heavy atom. The molecule has 4 rings (SSSR count). The zero-order valence-corrected chi connectivity index (χ0v) is 35.5. The van der Waals surface area contributed by atoms with Crippen LogP contribution in [0.25, 0.3) is 0 Å². The lowest BCUT2D eigenvalue weighted by atomic mass is 10.0. The standard InChI is InChI=1S/C42H58N6O9S/c1-8-43-21-22-44-36(49)12-10-24-56-34-25-28(2)37(29(3)26-34)58(53,54)47-35(40(51)55-7)27-45-39(50)32-16-13-30(14-17-32)15-19-33-20-18-31-11-9-23-48(38(31)46-33)41(52)57-42(4,5)6/h13-14,16-18,20,25-26,35,43,47H,8-12,15,19,21-24,27H2,1-7H3,(H,44,49)(H,45,50)/t35-/m0/s1. The van der Waals surface area contributed by atoms with Crippen LogP contribution in [0.4, 0.5) is 10.6 Å². The molecule has 0 fully saturated rings. The second-order valence-electron chi connectivity index (χ2n) is 15.2. The first-order valence-electron chi connectivity index (χ1n) is 19.7. The number of esters is 1. The molecule has 16 heteroatoms. The van der Waals surface area contributed by atoms with Crippen LogP contribution in [0.2, 0.25) is 0 Å². The summed E-state index contributed by atoms with van der Waals surface area (Å²) in [5.41, 5.74) is 3.28. The average molecular weight is 823 g/mol. The van der Waals surface area contributed by atoms with E-state index in [4.69, 9.17) is 19.2 Å². The molecule has 58 heavy (non-hydrogen) atoms. The molecule has 316 valence electrons. The predicted octanol–water partition coefficient (Wildman–Crippen LogP) is 4.31. The highest BCUT2D eigenvalue weighted by atomic mass is 32.2. The number of carbonyl (C=O) groups is 4. The number of ether oxygens (including phenoxy) is 3. The number of methoxy groups -OCH3 is 1. The van der Waals surface area contributed by atoms with E-state index in [9.17, 15) is 27.6 Å². The van der Waals surface area contributed by atoms with Crippen LogP contribution in [0.3, 0.4) is 0 Å². The zero-order chi connectivity index (χ0) is 42.5. The van der Waals surface area contributed by atoms with E-state index in [-0.39, 0.29) is 24.0 Å². The minimum Gasteiger partial charge on any atom is -0.494 e. The van der Waals surface area contributed by atoms with E-state index >= 15 is 0 Å². The van der Waals surface area contributed by atoms with Crippen molar-refractivity contribution in [3.05, 3.63) is 82.0 Å². The molecule has 4 N–H and O–H groups in total. The minimum atomic E-state index is -4.26. The molecular weight excluding hydrogens is 765 g/mol. The fourth-order valence-electron chi connectivity index (χ4n) is 6.46. The highest BCUT2D eigenvalue weighted by Crippen LogP contribution is 2.28. The Bertz CT molecular complexity index is 1990.